The summed E-state index contributed by atoms with van der Waals surface area (Å²) in [5, 5.41) is -6.25. The van der Waals surface area contributed by atoms with Crippen LogP contribution in [0.25, 0.3) is 0 Å². The van der Waals surface area contributed by atoms with Gasteiger partial charge in [-0.2, -0.15) is 52.3 Å². The van der Waals surface area contributed by atoms with Crippen molar-refractivity contribution in [2.24, 2.45) is 0 Å². The molecule has 0 aromatic carbocycles. The Morgan fingerprint density at radius 2 is 1.34 bits per heavy atom. The number of rotatable bonds is 15. The quantitative estimate of drug-likeness (QED) is 0.0939. The zero-order valence-electron chi connectivity index (χ0n) is 19.9. The van der Waals surface area contributed by atoms with E-state index in [9.17, 15) is 61.9 Å². The highest BCUT2D eigenvalue weighted by molar-refractivity contribution is 7.87. The van der Waals surface area contributed by atoms with Crippen molar-refractivity contribution in [2.75, 3.05) is 19.7 Å². The molecule has 0 aliphatic rings. The number of carbonyl (C=O) groups excluding carboxylic acids is 2. The van der Waals surface area contributed by atoms with Crippen LogP contribution in [0.4, 0.5) is 43.9 Å². The zero-order valence-corrected chi connectivity index (χ0v) is 20.7. The van der Waals surface area contributed by atoms with Gasteiger partial charge in [0.05, 0.1) is 6.61 Å². The minimum absolute atomic E-state index is 0.0191. The Labute approximate surface area is 210 Å². The molecule has 0 heterocycles. The number of unbranched alkanes of at least 4 members (excludes halogenated alkanes) is 2. The van der Waals surface area contributed by atoms with Crippen molar-refractivity contribution in [2.45, 2.75) is 75.3 Å². The molecule has 0 saturated heterocycles. The van der Waals surface area contributed by atoms with E-state index in [1.807, 2.05) is 0 Å². The number of esters is 1. The highest BCUT2D eigenvalue weighted by Crippen LogP contribution is 2.43. The average molecular weight is 601 g/mol. The summed E-state index contributed by atoms with van der Waals surface area (Å²) in [6.07, 6.45) is -14.0. The van der Waals surface area contributed by atoms with Gasteiger partial charge in [0.1, 0.15) is 5.57 Å². The monoisotopic (exact) mass is 601 g/mol. The van der Waals surface area contributed by atoms with E-state index in [4.69, 9.17) is 4.55 Å². The predicted molar refractivity (Wildman–Crippen MR) is 108 cm³/mol. The molecular weight excluding hydrogens is 576 g/mol. The van der Waals surface area contributed by atoms with Crippen molar-refractivity contribution in [3.63, 3.8) is 0 Å². The van der Waals surface area contributed by atoms with Crippen molar-refractivity contribution >= 4 is 22.0 Å². The van der Waals surface area contributed by atoms with Crippen LogP contribution < -0.4 is 0 Å². The third-order valence-electron chi connectivity index (χ3n) is 4.80. The molecule has 1 unspecified atom stereocenters. The largest absolute Gasteiger partial charge is 0.466 e. The van der Waals surface area contributed by atoms with Gasteiger partial charge >= 0.3 is 51.3 Å². The summed E-state index contributed by atoms with van der Waals surface area (Å²) in [6.45, 7) is 1.99. The van der Waals surface area contributed by atoms with Gasteiger partial charge in [-0.1, -0.05) is 33.3 Å². The molecule has 0 aliphatic heterocycles. The molecular formula is C19H25F10NO7S. The number of alkyl halides is 10. The molecule has 1 amide bonds. The lowest BCUT2D eigenvalue weighted by Gasteiger charge is -2.37. The number of hydrogen-bond donors (Lipinski definition) is 1. The first-order valence-electron chi connectivity index (χ1n) is 10.6. The molecule has 19 heteroatoms. The van der Waals surface area contributed by atoms with Crippen LogP contribution in [-0.2, 0) is 29.2 Å². The van der Waals surface area contributed by atoms with Gasteiger partial charge in [0, 0.05) is 19.5 Å². The maximum absolute atomic E-state index is 14.2. The number of ether oxygens (including phenoxy) is 2. The minimum atomic E-state index is -6.81. The first kappa shape index (κ1) is 35.9. The number of amides is 1. The molecule has 0 rings (SSSR count). The third-order valence-corrected chi connectivity index (χ3v) is 5.75. The summed E-state index contributed by atoms with van der Waals surface area (Å²) in [6, 6.07) is 0. The molecule has 0 aromatic rings. The lowest BCUT2D eigenvalue weighted by Crippen LogP contribution is -2.63. The van der Waals surface area contributed by atoms with Crippen LogP contribution in [0.5, 0.6) is 0 Å². The van der Waals surface area contributed by atoms with Crippen LogP contribution in [0.3, 0.4) is 0 Å². The molecule has 38 heavy (non-hydrogen) atoms. The predicted octanol–water partition coefficient (Wildman–Crippen LogP) is 4.86. The topological polar surface area (TPSA) is 110 Å². The molecule has 0 bridgehead atoms. The summed E-state index contributed by atoms with van der Waals surface area (Å²) in [5.74, 6) is -16.1. The van der Waals surface area contributed by atoms with Gasteiger partial charge in [-0.25, -0.2) is 4.79 Å². The minimum Gasteiger partial charge on any atom is -0.412 e. The first-order chi connectivity index (χ1) is 16.9. The van der Waals surface area contributed by atoms with Gasteiger partial charge in [-0.15, -0.1) is 0 Å². The second-order valence-corrected chi connectivity index (χ2v) is 9.24. The Bertz CT molecular complexity index is 943. The SMILES string of the molecule is C=C(C(=O)OC(OCCC(F)(F)C(F)(F)S(=O)(=O)O)(C(=O)N(CCCC)CCCC)C(F)(F)F)C(F)(F)F. The second-order valence-electron chi connectivity index (χ2n) is 7.77. The molecule has 1 atom stereocenters. The van der Waals surface area contributed by atoms with Crippen molar-refractivity contribution in [3.05, 3.63) is 12.2 Å². The Morgan fingerprint density at radius 3 is 1.68 bits per heavy atom. The van der Waals surface area contributed by atoms with Crippen molar-refractivity contribution < 1.29 is 75.9 Å². The maximum atomic E-state index is 14.2. The standard InChI is InChI=1S/C19H25F10NO7S/c1-4-6-9-30(10-7-5-2)14(32)16(18(25,26)27,37-13(31)12(3)17(22,23)24)36-11-8-15(20,21)19(28,29)38(33,34)35/h3-11H2,1-2H3,(H,33,34,35). The highest BCUT2D eigenvalue weighted by Gasteiger charge is 2.69. The summed E-state index contributed by atoms with van der Waals surface area (Å²) in [4.78, 5) is 25.2. The van der Waals surface area contributed by atoms with Crippen LogP contribution in [0.1, 0.15) is 46.0 Å². The molecule has 0 aliphatic carbocycles. The highest BCUT2D eigenvalue weighted by atomic mass is 32.2. The molecule has 0 aromatic heterocycles. The Balaban J connectivity index is 6.66. The number of hydrogen-bond acceptors (Lipinski definition) is 6. The normalized spacial score (nSPS) is 15.1. The molecule has 0 radical (unpaired) electrons. The third kappa shape index (κ3) is 8.42. The fourth-order valence-electron chi connectivity index (χ4n) is 2.58. The van der Waals surface area contributed by atoms with Crippen molar-refractivity contribution in [1.29, 1.82) is 0 Å². The van der Waals surface area contributed by atoms with Gasteiger partial charge in [-0.05, 0) is 12.8 Å². The zero-order chi connectivity index (χ0) is 30.4. The van der Waals surface area contributed by atoms with E-state index < -0.39 is 83.0 Å². The molecule has 224 valence electrons. The summed E-state index contributed by atoms with van der Waals surface area (Å²) in [7, 11) is -6.81. The summed E-state index contributed by atoms with van der Waals surface area (Å²) >= 11 is 0. The van der Waals surface area contributed by atoms with E-state index in [1.165, 1.54) is 0 Å². The average Bonchev–Trinajstić information content (AvgIpc) is 2.74. The number of halogens is 10. The van der Waals surface area contributed by atoms with Gasteiger partial charge in [-0.3, -0.25) is 9.35 Å². The van der Waals surface area contributed by atoms with Gasteiger partial charge in [0.15, 0.2) is 0 Å². The lowest BCUT2D eigenvalue weighted by molar-refractivity contribution is -0.353. The van der Waals surface area contributed by atoms with Crippen LogP contribution in [0.15, 0.2) is 12.2 Å². The van der Waals surface area contributed by atoms with E-state index in [2.05, 4.69) is 16.1 Å². The van der Waals surface area contributed by atoms with Crippen LogP contribution in [0, 0.1) is 0 Å². The lowest BCUT2D eigenvalue weighted by atomic mass is 10.1. The van der Waals surface area contributed by atoms with Gasteiger partial charge < -0.3 is 14.4 Å². The van der Waals surface area contributed by atoms with Gasteiger partial charge in [0.2, 0.25) is 0 Å². The van der Waals surface area contributed by atoms with Crippen molar-refractivity contribution in [3.8, 4) is 0 Å². The number of carbonyl (C=O) groups is 2. The second kappa shape index (κ2) is 12.8. The smallest absolute Gasteiger partial charge is 0.412 e. The van der Waals surface area contributed by atoms with E-state index >= 15 is 0 Å². The van der Waals surface area contributed by atoms with Crippen LogP contribution in [0.2, 0.25) is 0 Å². The Morgan fingerprint density at radius 1 is 0.895 bits per heavy atom. The fraction of sp³-hybridized carbons (Fsp3) is 0.789. The molecule has 0 saturated carbocycles. The number of nitrogens with zero attached hydrogens (tertiary/aromatic N) is 1. The fourth-order valence-corrected chi connectivity index (χ4v) is 3.06. The Kier molecular flexibility index (Phi) is 12.1. The van der Waals surface area contributed by atoms with Crippen molar-refractivity contribution in [1.82, 2.24) is 4.90 Å². The molecule has 8 nitrogen and oxygen atoms in total. The molecule has 0 spiro atoms. The van der Waals surface area contributed by atoms with E-state index in [0.29, 0.717) is 4.90 Å². The molecule has 1 N–H and O–H groups in total. The van der Waals surface area contributed by atoms with Crippen LogP contribution in [-0.4, -0.2) is 78.8 Å². The Hall–Kier alpha value is -2.15. The van der Waals surface area contributed by atoms with E-state index in [0.717, 1.165) is 0 Å². The summed E-state index contributed by atoms with van der Waals surface area (Å²) in [5.41, 5.74) is -2.56. The van der Waals surface area contributed by atoms with E-state index in [1.54, 1.807) is 13.8 Å². The van der Waals surface area contributed by atoms with E-state index in [-0.39, 0.29) is 25.7 Å². The van der Waals surface area contributed by atoms with Crippen LogP contribution >= 0.6 is 0 Å². The van der Waals surface area contributed by atoms with Gasteiger partial charge in [0.25, 0.3) is 0 Å². The maximum Gasteiger partial charge on any atom is 0.466 e. The first-order valence-corrected chi connectivity index (χ1v) is 12.1. The summed E-state index contributed by atoms with van der Waals surface area (Å²) < 4.78 is 173. The molecule has 0 fully saturated rings.